The summed E-state index contributed by atoms with van der Waals surface area (Å²) in [4.78, 5) is 20.0. The summed E-state index contributed by atoms with van der Waals surface area (Å²) in [5.74, 6) is 1.87. The highest BCUT2D eigenvalue weighted by Crippen LogP contribution is 2.35. The lowest BCUT2D eigenvalue weighted by Gasteiger charge is -2.28. The third-order valence-corrected chi connectivity index (χ3v) is 5.96. The van der Waals surface area contributed by atoms with Crippen LogP contribution in [0.5, 0.6) is 5.75 Å². The fraction of sp³-hybridized carbons (Fsp3) is 0.333. The first-order chi connectivity index (χ1) is 14.3. The molecule has 1 fully saturated rings. The first-order valence-electron chi connectivity index (χ1n) is 10.2. The van der Waals surface area contributed by atoms with E-state index in [0.717, 1.165) is 36.3 Å². The first kappa shape index (κ1) is 19.2. The van der Waals surface area contributed by atoms with Gasteiger partial charge in [-0.2, -0.15) is 0 Å². The van der Waals surface area contributed by atoms with Gasteiger partial charge >= 0.3 is 0 Å². The van der Waals surface area contributed by atoms with E-state index in [2.05, 4.69) is 27.4 Å². The Morgan fingerprint density at radius 1 is 1.07 bits per heavy atom. The quantitative estimate of drug-likeness (QED) is 0.637. The third kappa shape index (κ3) is 4.34. The molecule has 1 amide bonds. The number of pyridine rings is 1. The zero-order chi connectivity index (χ0) is 20.1. The molecule has 1 aliphatic carbocycles. The topological polar surface area (TPSA) is 67.0 Å². The van der Waals surface area contributed by atoms with Crippen LogP contribution in [-0.2, 0) is 0 Å². The number of methoxy groups -OCH3 is 1. The molecule has 1 aliphatic rings. The molecule has 5 heteroatoms. The van der Waals surface area contributed by atoms with Gasteiger partial charge < -0.3 is 15.0 Å². The Bertz CT molecular complexity index is 944. The van der Waals surface area contributed by atoms with Crippen LogP contribution in [0.3, 0.4) is 0 Å². The number of hydrogen-bond acceptors (Lipinski definition) is 3. The molecule has 0 atom stereocenters. The molecular weight excluding hydrogens is 362 g/mol. The van der Waals surface area contributed by atoms with E-state index >= 15 is 0 Å². The summed E-state index contributed by atoms with van der Waals surface area (Å²) in [5.41, 5.74) is 3.82. The fourth-order valence-corrected chi connectivity index (χ4v) is 4.31. The first-order valence-corrected chi connectivity index (χ1v) is 10.2. The Balaban J connectivity index is 1.35. The molecule has 150 valence electrons. The minimum Gasteiger partial charge on any atom is -0.496 e. The van der Waals surface area contributed by atoms with Crippen LogP contribution in [0.2, 0.25) is 0 Å². The Morgan fingerprint density at radius 3 is 2.59 bits per heavy atom. The number of aromatic nitrogens is 2. The van der Waals surface area contributed by atoms with Gasteiger partial charge in [0, 0.05) is 42.5 Å². The van der Waals surface area contributed by atoms with E-state index in [1.165, 1.54) is 18.4 Å². The maximum atomic E-state index is 12.8. The highest BCUT2D eigenvalue weighted by Gasteiger charge is 2.23. The minimum absolute atomic E-state index is 0.0385. The predicted octanol–water partition coefficient (Wildman–Crippen LogP) is 4.79. The normalized spacial score (nSPS) is 18.9. The van der Waals surface area contributed by atoms with Gasteiger partial charge in [-0.25, -0.2) is 0 Å². The number of nitrogens with one attached hydrogen (secondary N) is 2. The summed E-state index contributed by atoms with van der Waals surface area (Å²) in [6, 6.07) is 12.0. The van der Waals surface area contributed by atoms with Gasteiger partial charge in [0.2, 0.25) is 0 Å². The molecule has 3 aromatic rings. The lowest BCUT2D eigenvalue weighted by atomic mass is 9.79. The molecule has 29 heavy (non-hydrogen) atoms. The van der Waals surface area contributed by atoms with Crippen molar-refractivity contribution in [2.45, 2.75) is 31.6 Å². The molecule has 2 N–H and O–H groups in total. The molecular formula is C24H27N3O2. The number of aromatic amines is 1. The van der Waals surface area contributed by atoms with Crippen molar-refractivity contribution in [3.63, 3.8) is 0 Å². The second-order valence-corrected chi connectivity index (χ2v) is 7.69. The van der Waals surface area contributed by atoms with E-state index in [0.29, 0.717) is 17.4 Å². The largest absolute Gasteiger partial charge is 0.496 e. The molecule has 5 nitrogen and oxygen atoms in total. The number of para-hydroxylation sites is 1. The highest BCUT2D eigenvalue weighted by atomic mass is 16.5. The number of hydrogen-bond donors (Lipinski definition) is 2. The highest BCUT2D eigenvalue weighted by molar-refractivity contribution is 6.01. The summed E-state index contributed by atoms with van der Waals surface area (Å²) in [5, 5.41) is 3.15. The lowest BCUT2D eigenvalue weighted by Crippen LogP contribution is -2.31. The zero-order valence-corrected chi connectivity index (χ0v) is 16.7. The molecule has 0 spiro atoms. The number of rotatable bonds is 6. The fourth-order valence-electron chi connectivity index (χ4n) is 4.31. The van der Waals surface area contributed by atoms with Crippen molar-refractivity contribution in [3.05, 3.63) is 72.3 Å². The number of nitrogens with zero attached hydrogens (tertiary/aromatic N) is 1. The summed E-state index contributed by atoms with van der Waals surface area (Å²) < 4.78 is 5.46. The van der Waals surface area contributed by atoms with Gasteiger partial charge in [0.25, 0.3) is 5.91 Å². The van der Waals surface area contributed by atoms with E-state index in [1.807, 2.05) is 42.9 Å². The van der Waals surface area contributed by atoms with E-state index in [1.54, 1.807) is 13.3 Å². The monoisotopic (exact) mass is 389 g/mol. The molecule has 1 saturated carbocycles. The van der Waals surface area contributed by atoms with Crippen molar-refractivity contribution >= 4 is 5.91 Å². The molecule has 0 aliphatic heterocycles. The maximum absolute atomic E-state index is 12.8. The molecule has 2 heterocycles. The standard InChI is InChI=1S/C24H27N3O2/c1-29-23-5-3-2-4-20(23)21-15-26-16-22(21)24(28)27-14-17-6-8-18(9-7-17)19-10-12-25-13-11-19/h2-5,10-13,15-18,26H,6-9,14H2,1H3,(H,27,28). The molecule has 1 aromatic carbocycles. The lowest BCUT2D eigenvalue weighted by molar-refractivity contribution is 0.0943. The minimum atomic E-state index is -0.0385. The molecule has 0 radical (unpaired) electrons. The van der Waals surface area contributed by atoms with Gasteiger partial charge in [-0.3, -0.25) is 9.78 Å². The van der Waals surface area contributed by atoms with Gasteiger partial charge in [0.15, 0.2) is 0 Å². The maximum Gasteiger partial charge on any atom is 0.253 e. The second kappa shape index (κ2) is 8.95. The van der Waals surface area contributed by atoms with Gasteiger partial charge in [-0.15, -0.1) is 0 Å². The molecule has 0 unspecified atom stereocenters. The third-order valence-electron chi connectivity index (χ3n) is 5.96. The van der Waals surface area contributed by atoms with Crippen LogP contribution in [0.1, 0.15) is 47.5 Å². The van der Waals surface area contributed by atoms with Crippen molar-refractivity contribution in [1.29, 1.82) is 0 Å². The van der Waals surface area contributed by atoms with Crippen molar-refractivity contribution in [2.75, 3.05) is 13.7 Å². The van der Waals surface area contributed by atoms with E-state index in [4.69, 9.17) is 4.74 Å². The summed E-state index contributed by atoms with van der Waals surface area (Å²) in [6.45, 7) is 0.721. The second-order valence-electron chi connectivity index (χ2n) is 7.69. The van der Waals surface area contributed by atoms with Crippen molar-refractivity contribution in [1.82, 2.24) is 15.3 Å². The smallest absolute Gasteiger partial charge is 0.253 e. The van der Waals surface area contributed by atoms with E-state index in [9.17, 15) is 4.79 Å². The Labute approximate surface area is 171 Å². The predicted molar refractivity (Wildman–Crippen MR) is 114 cm³/mol. The van der Waals surface area contributed by atoms with Crippen LogP contribution in [0.4, 0.5) is 0 Å². The number of H-pyrrole nitrogens is 1. The van der Waals surface area contributed by atoms with Gasteiger partial charge in [0.1, 0.15) is 5.75 Å². The van der Waals surface area contributed by atoms with Crippen LogP contribution >= 0.6 is 0 Å². The van der Waals surface area contributed by atoms with Crippen molar-refractivity contribution in [2.24, 2.45) is 5.92 Å². The zero-order valence-electron chi connectivity index (χ0n) is 16.7. The Hall–Kier alpha value is -3.08. The van der Waals surface area contributed by atoms with Crippen LogP contribution in [0.25, 0.3) is 11.1 Å². The van der Waals surface area contributed by atoms with Gasteiger partial charge in [-0.05, 0) is 61.3 Å². The summed E-state index contributed by atoms with van der Waals surface area (Å²) in [6.07, 6.45) is 12.0. The van der Waals surface area contributed by atoms with E-state index < -0.39 is 0 Å². The average molecular weight is 389 g/mol. The van der Waals surface area contributed by atoms with Crippen LogP contribution in [0, 0.1) is 5.92 Å². The molecule has 0 bridgehead atoms. The van der Waals surface area contributed by atoms with E-state index in [-0.39, 0.29) is 5.91 Å². The van der Waals surface area contributed by atoms with Gasteiger partial charge in [-0.1, -0.05) is 18.2 Å². The molecule has 0 saturated heterocycles. The Kier molecular flexibility index (Phi) is 5.94. The van der Waals surface area contributed by atoms with Crippen LogP contribution < -0.4 is 10.1 Å². The van der Waals surface area contributed by atoms with Gasteiger partial charge in [0.05, 0.1) is 12.7 Å². The average Bonchev–Trinajstić information content (AvgIpc) is 3.28. The van der Waals surface area contributed by atoms with Crippen LogP contribution in [0.15, 0.2) is 61.2 Å². The SMILES string of the molecule is COc1ccccc1-c1c[nH]cc1C(=O)NCC1CCC(c2ccncc2)CC1. The summed E-state index contributed by atoms with van der Waals surface area (Å²) in [7, 11) is 1.65. The van der Waals surface area contributed by atoms with Crippen molar-refractivity contribution < 1.29 is 9.53 Å². The number of amides is 1. The molecule has 2 aromatic heterocycles. The molecule has 4 rings (SSSR count). The number of carbonyl (C=O) groups is 1. The van der Waals surface area contributed by atoms with Crippen LogP contribution in [-0.4, -0.2) is 29.5 Å². The van der Waals surface area contributed by atoms with Crippen molar-refractivity contribution in [3.8, 4) is 16.9 Å². The number of benzene rings is 1. The Morgan fingerprint density at radius 2 is 1.83 bits per heavy atom. The summed E-state index contributed by atoms with van der Waals surface area (Å²) >= 11 is 0. The number of ether oxygens (including phenoxy) is 1. The number of carbonyl (C=O) groups excluding carboxylic acids is 1.